The Labute approximate surface area is 132 Å². The van der Waals surface area contributed by atoms with E-state index in [1.165, 1.54) is 17.7 Å². The summed E-state index contributed by atoms with van der Waals surface area (Å²) >= 11 is 7.39. The molecule has 2 rings (SSSR count). The number of halogens is 1. The van der Waals surface area contributed by atoms with Crippen LogP contribution < -0.4 is 16.0 Å². The minimum Gasteiger partial charge on any atom is -0.383 e. The number of carbonyl (C=O) groups excluding carboxylic acids is 1. The number of hydrogen-bond donors (Lipinski definition) is 3. The molecule has 0 aliphatic carbocycles. The van der Waals surface area contributed by atoms with Gasteiger partial charge in [0.2, 0.25) is 0 Å². The van der Waals surface area contributed by atoms with Crippen molar-refractivity contribution in [2.45, 2.75) is 6.42 Å². The Hall–Kier alpha value is -1.86. The molecule has 2 heterocycles. The van der Waals surface area contributed by atoms with Crippen molar-refractivity contribution in [1.29, 1.82) is 0 Å². The fourth-order valence-corrected chi connectivity index (χ4v) is 2.58. The summed E-state index contributed by atoms with van der Waals surface area (Å²) in [7, 11) is 1.76. The molecule has 0 saturated heterocycles. The topological polar surface area (TPSA) is 78.9 Å². The van der Waals surface area contributed by atoms with Crippen LogP contribution in [0, 0.1) is 0 Å². The van der Waals surface area contributed by atoms with Crippen molar-refractivity contribution in [1.82, 2.24) is 15.3 Å². The number of rotatable bonds is 7. The van der Waals surface area contributed by atoms with Crippen molar-refractivity contribution in [3.63, 3.8) is 0 Å². The molecule has 3 N–H and O–H groups in total. The molecule has 0 saturated carbocycles. The number of thiophene rings is 1. The van der Waals surface area contributed by atoms with Crippen LogP contribution in [0.1, 0.15) is 16.1 Å². The first-order chi connectivity index (χ1) is 10.2. The highest BCUT2D eigenvalue weighted by atomic mass is 35.5. The Balaban J connectivity index is 1.73. The smallest absolute Gasteiger partial charge is 0.261 e. The molecule has 0 aromatic carbocycles. The number of nitrogens with one attached hydrogen (secondary N) is 3. The maximum atomic E-state index is 11.7. The lowest BCUT2D eigenvalue weighted by molar-refractivity contribution is 0.0957. The monoisotopic (exact) mass is 325 g/mol. The van der Waals surface area contributed by atoms with Gasteiger partial charge in [-0.05, 0) is 17.9 Å². The molecule has 2 aromatic rings. The zero-order valence-corrected chi connectivity index (χ0v) is 13.1. The molecule has 112 valence electrons. The third-order valence-corrected chi connectivity index (χ3v) is 3.88. The van der Waals surface area contributed by atoms with Gasteiger partial charge < -0.3 is 16.0 Å². The van der Waals surface area contributed by atoms with Crippen molar-refractivity contribution in [3.8, 4) is 0 Å². The molecule has 0 unspecified atom stereocenters. The van der Waals surface area contributed by atoms with Gasteiger partial charge in [-0.25, -0.2) is 9.97 Å². The fourth-order valence-electron chi connectivity index (χ4n) is 1.71. The van der Waals surface area contributed by atoms with Crippen molar-refractivity contribution in [2.24, 2.45) is 0 Å². The molecule has 6 nitrogen and oxygen atoms in total. The maximum Gasteiger partial charge on any atom is 0.261 e. The van der Waals surface area contributed by atoms with Gasteiger partial charge in [0.15, 0.2) is 11.0 Å². The molecular weight excluding hydrogens is 310 g/mol. The first kappa shape index (κ1) is 15.5. The largest absolute Gasteiger partial charge is 0.383 e. The molecule has 0 aliphatic heterocycles. The number of hydrogen-bond acceptors (Lipinski definition) is 6. The van der Waals surface area contributed by atoms with Crippen molar-refractivity contribution >= 4 is 40.4 Å². The summed E-state index contributed by atoms with van der Waals surface area (Å²) in [4.78, 5) is 20.5. The van der Waals surface area contributed by atoms with Gasteiger partial charge >= 0.3 is 0 Å². The van der Waals surface area contributed by atoms with E-state index < -0.39 is 0 Å². The zero-order valence-electron chi connectivity index (χ0n) is 11.5. The van der Waals surface area contributed by atoms with E-state index in [2.05, 4.69) is 25.9 Å². The van der Waals surface area contributed by atoms with Crippen LogP contribution in [0.25, 0.3) is 0 Å². The second kappa shape index (κ2) is 7.80. The first-order valence-corrected chi connectivity index (χ1v) is 7.72. The van der Waals surface area contributed by atoms with Gasteiger partial charge in [-0.15, -0.1) is 11.3 Å². The number of aromatic nitrogens is 2. The minimum absolute atomic E-state index is 0.0361. The van der Waals surface area contributed by atoms with Crippen molar-refractivity contribution in [2.75, 3.05) is 30.8 Å². The van der Waals surface area contributed by atoms with E-state index in [9.17, 15) is 4.79 Å². The number of amides is 1. The molecule has 0 spiro atoms. The van der Waals surface area contributed by atoms with Gasteiger partial charge in [0.25, 0.3) is 5.91 Å². The number of nitrogens with zero attached hydrogens (tertiary/aromatic N) is 2. The van der Waals surface area contributed by atoms with Gasteiger partial charge in [-0.3, -0.25) is 4.79 Å². The lowest BCUT2D eigenvalue weighted by atomic mass is 10.3. The molecule has 21 heavy (non-hydrogen) atoms. The van der Waals surface area contributed by atoms with Crippen LogP contribution >= 0.6 is 22.9 Å². The highest BCUT2D eigenvalue weighted by Crippen LogP contribution is 2.24. The second-order valence-electron chi connectivity index (χ2n) is 4.15. The van der Waals surface area contributed by atoms with E-state index in [1.807, 2.05) is 11.4 Å². The van der Waals surface area contributed by atoms with E-state index in [1.54, 1.807) is 13.1 Å². The van der Waals surface area contributed by atoms with E-state index in [0.29, 0.717) is 29.7 Å². The molecule has 2 aromatic heterocycles. The van der Waals surface area contributed by atoms with Crippen LogP contribution in [0.5, 0.6) is 0 Å². The normalized spacial score (nSPS) is 10.2. The molecule has 0 atom stereocenters. The molecular formula is C13H16ClN5OS. The van der Waals surface area contributed by atoms with Crippen LogP contribution in [-0.4, -0.2) is 36.0 Å². The highest BCUT2D eigenvalue weighted by molar-refractivity contribution is 7.12. The van der Waals surface area contributed by atoms with Gasteiger partial charge in [-0.2, -0.15) is 0 Å². The summed E-state index contributed by atoms with van der Waals surface area (Å²) in [6, 6.07) is 3.67. The average Bonchev–Trinajstić information content (AvgIpc) is 3.01. The summed E-state index contributed by atoms with van der Waals surface area (Å²) in [6.07, 6.45) is 2.19. The molecule has 8 heteroatoms. The van der Waals surface area contributed by atoms with E-state index in [-0.39, 0.29) is 5.91 Å². The van der Waals surface area contributed by atoms with Crippen molar-refractivity contribution in [3.05, 3.63) is 33.9 Å². The minimum atomic E-state index is -0.0361. The molecule has 0 fully saturated rings. The van der Waals surface area contributed by atoms with Crippen LogP contribution in [0.4, 0.5) is 11.5 Å². The Morgan fingerprint density at radius 3 is 2.95 bits per heavy atom. The lowest BCUT2D eigenvalue weighted by Crippen LogP contribution is -2.25. The second-order valence-corrected chi connectivity index (χ2v) is 5.46. The summed E-state index contributed by atoms with van der Waals surface area (Å²) in [5.74, 6) is 0.619. The summed E-state index contributed by atoms with van der Waals surface area (Å²) in [5.41, 5.74) is 0.668. The van der Waals surface area contributed by atoms with Gasteiger partial charge in [0.05, 0.1) is 4.88 Å². The van der Waals surface area contributed by atoms with Gasteiger partial charge in [-0.1, -0.05) is 17.7 Å². The Morgan fingerprint density at radius 1 is 1.38 bits per heavy atom. The fraction of sp³-hybridized carbons (Fsp3) is 0.308. The molecule has 0 radical (unpaired) electrons. The highest BCUT2D eigenvalue weighted by Gasteiger charge is 2.08. The predicted molar refractivity (Wildman–Crippen MR) is 86.3 cm³/mol. The lowest BCUT2D eigenvalue weighted by Gasteiger charge is -2.11. The standard InChI is InChI=1S/C13H16ClN5OS/c1-15-10-11(14)18-8-19-12(10)16-5-3-6-17-13(20)9-4-2-7-21-9/h2,4,7-8,15H,3,5-6H2,1H3,(H,17,20)(H,16,18,19). The summed E-state index contributed by atoms with van der Waals surface area (Å²) in [6.45, 7) is 1.27. The van der Waals surface area contributed by atoms with Crippen LogP contribution in [0.2, 0.25) is 5.15 Å². The maximum absolute atomic E-state index is 11.7. The predicted octanol–water partition coefficient (Wildman–Crippen LogP) is 2.47. The summed E-state index contributed by atoms with van der Waals surface area (Å²) in [5, 5.41) is 11.2. The molecule has 1 amide bonds. The van der Waals surface area contributed by atoms with Crippen molar-refractivity contribution < 1.29 is 4.79 Å². The molecule has 0 bridgehead atoms. The van der Waals surface area contributed by atoms with Crippen LogP contribution in [0.15, 0.2) is 23.8 Å². The number of anilines is 2. The van der Waals surface area contributed by atoms with E-state index in [4.69, 9.17) is 11.6 Å². The Morgan fingerprint density at radius 2 is 2.24 bits per heavy atom. The van der Waals surface area contributed by atoms with Gasteiger partial charge in [0, 0.05) is 20.1 Å². The first-order valence-electron chi connectivity index (χ1n) is 6.46. The van der Waals surface area contributed by atoms with E-state index >= 15 is 0 Å². The third kappa shape index (κ3) is 4.30. The molecule has 0 aliphatic rings. The van der Waals surface area contributed by atoms with Crippen LogP contribution in [-0.2, 0) is 0 Å². The number of carbonyl (C=O) groups is 1. The SMILES string of the molecule is CNc1c(Cl)ncnc1NCCCNC(=O)c1cccs1. The zero-order chi connectivity index (χ0) is 15.1. The average molecular weight is 326 g/mol. The Bertz CT molecular complexity index is 590. The quantitative estimate of drug-likeness (QED) is 0.538. The van der Waals surface area contributed by atoms with Crippen LogP contribution in [0.3, 0.4) is 0 Å². The Kier molecular flexibility index (Phi) is 5.77. The third-order valence-electron chi connectivity index (χ3n) is 2.73. The summed E-state index contributed by atoms with van der Waals surface area (Å²) < 4.78 is 0. The van der Waals surface area contributed by atoms with Gasteiger partial charge in [0.1, 0.15) is 12.0 Å². The van der Waals surface area contributed by atoms with E-state index in [0.717, 1.165) is 11.3 Å².